The van der Waals surface area contributed by atoms with Gasteiger partial charge in [0, 0.05) is 12.4 Å². The van der Waals surface area contributed by atoms with Gasteiger partial charge in [-0.25, -0.2) is 4.39 Å². The third-order valence-corrected chi connectivity index (χ3v) is 3.85. The topological polar surface area (TPSA) is 71.1 Å². The van der Waals surface area contributed by atoms with E-state index in [0.29, 0.717) is 16.9 Å². The summed E-state index contributed by atoms with van der Waals surface area (Å²) in [6.07, 6.45) is 2.98. The van der Waals surface area contributed by atoms with Crippen molar-refractivity contribution in [1.29, 1.82) is 0 Å². The molecule has 0 saturated carbocycles. The van der Waals surface area contributed by atoms with Gasteiger partial charge in [-0.05, 0) is 36.4 Å². The number of pyridine rings is 1. The molecule has 130 valence electrons. The van der Waals surface area contributed by atoms with Crippen molar-refractivity contribution in [3.05, 3.63) is 89.0 Å². The number of carbonyl (C=O) groups is 2. The second-order valence-electron chi connectivity index (χ2n) is 5.29. The number of aromatic nitrogens is 1. The van der Waals surface area contributed by atoms with Crippen LogP contribution in [0, 0.1) is 5.82 Å². The van der Waals surface area contributed by atoms with E-state index in [1.807, 2.05) is 0 Å². The fourth-order valence-electron chi connectivity index (χ4n) is 2.29. The Hall–Kier alpha value is -3.25. The zero-order valence-electron chi connectivity index (χ0n) is 13.4. The Kier molecular flexibility index (Phi) is 5.24. The van der Waals surface area contributed by atoms with E-state index in [9.17, 15) is 14.0 Å². The van der Waals surface area contributed by atoms with Crippen molar-refractivity contribution in [3.63, 3.8) is 0 Å². The molecule has 0 fully saturated rings. The molecular weight excluding hydrogens is 357 g/mol. The SMILES string of the molecule is O=C(Nc1ccccc1NC(=O)c1c(F)cccc1Cl)c1cccnc1. The molecule has 0 aliphatic rings. The number of carbonyl (C=O) groups excluding carboxylic acids is 2. The van der Waals surface area contributed by atoms with Gasteiger partial charge in [0.2, 0.25) is 0 Å². The van der Waals surface area contributed by atoms with Crippen LogP contribution in [0.3, 0.4) is 0 Å². The number of anilines is 2. The number of nitrogens with one attached hydrogen (secondary N) is 2. The largest absolute Gasteiger partial charge is 0.320 e. The van der Waals surface area contributed by atoms with Crippen molar-refractivity contribution in [2.45, 2.75) is 0 Å². The highest BCUT2D eigenvalue weighted by Crippen LogP contribution is 2.25. The molecule has 0 radical (unpaired) electrons. The lowest BCUT2D eigenvalue weighted by Crippen LogP contribution is -2.18. The van der Waals surface area contributed by atoms with Crippen LogP contribution >= 0.6 is 11.6 Å². The number of hydrogen-bond donors (Lipinski definition) is 2. The Morgan fingerprint density at radius 3 is 2.19 bits per heavy atom. The minimum absolute atomic E-state index is 0.000577. The first-order chi connectivity index (χ1) is 12.6. The van der Waals surface area contributed by atoms with Gasteiger partial charge in [0.1, 0.15) is 5.82 Å². The van der Waals surface area contributed by atoms with Crippen LogP contribution in [0.1, 0.15) is 20.7 Å². The Balaban J connectivity index is 1.84. The molecule has 0 saturated heterocycles. The summed E-state index contributed by atoms with van der Waals surface area (Å²) in [6, 6.07) is 13.8. The van der Waals surface area contributed by atoms with E-state index in [-0.39, 0.29) is 16.5 Å². The fraction of sp³-hybridized carbons (Fsp3) is 0. The summed E-state index contributed by atoms with van der Waals surface area (Å²) in [4.78, 5) is 28.6. The van der Waals surface area contributed by atoms with Gasteiger partial charge < -0.3 is 10.6 Å². The van der Waals surface area contributed by atoms with Crippen LogP contribution in [0.5, 0.6) is 0 Å². The van der Waals surface area contributed by atoms with Gasteiger partial charge in [0.25, 0.3) is 11.8 Å². The third kappa shape index (κ3) is 3.87. The second-order valence-corrected chi connectivity index (χ2v) is 5.70. The molecule has 0 unspecified atom stereocenters. The van der Waals surface area contributed by atoms with E-state index in [0.717, 1.165) is 6.07 Å². The molecule has 7 heteroatoms. The quantitative estimate of drug-likeness (QED) is 0.717. The predicted octanol–water partition coefficient (Wildman–Crippen LogP) is 4.38. The maximum atomic E-state index is 13.9. The fourth-order valence-corrected chi connectivity index (χ4v) is 2.54. The van der Waals surface area contributed by atoms with Crippen molar-refractivity contribution in [3.8, 4) is 0 Å². The van der Waals surface area contributed by atoms with E-state index >= 15 is 0 Å². The van der Waals surface area contributed by atoms with E-state index in [4.69, 9.17) is 11.6 Å². The number of amides is 2. The number of halogens is 2. The van der Waals surface area contributed by atoms with Crippen LogP contribution in [-0.4, -0.2) is 16.8 Å². The van der Waals surface area contributed by atoms with Crippen LogP contribution < -0.4 is 10.6 Å². The highest BCUT2D eigenvalue weighted by molar-refractivity contribution is 6.34. The van der Waals surface area contributed by atoms with Gasteiger partial charge in [-0.3, -0.25) is 14.6 Å². The number of nitrogens with zero attached hydrogens (tertiary/aromatic N) is 1. The molecule has 2 amide bonds. The van der Waals surface area contributed by atoms with Gasteiger partial charge in [-0.2, -0.15) is 0 Å². The number of hydrogen-bond acceptors (Lipinski definition) is 3. The summed E-state index contributed by atoms with van der Waals surface area (Å²) in [5.74, 6) is -1.83. The second kappa shape index (κ2) is 7.76. The Morgan fingerprint density at radius 1 is 0.885 bits per heavy atom. The van der Waals surface area contributed by atoms with Crippen molar-refractivity contribution in [2.75, 3.05) is 10.6 Å². The monoisotopic (exact) mass is 369 g/mol. The zero-order chi connectivity index (χ0) is 18.5. The minimum atomic E-state index is -0.730. The normalized spacial score (nSPS) is 10.2. The lowest BCUT2D eigenvalue weighted by molar-refractivity contribution is 0.101. The summed E-state index contributed by atoms with van der Waals surface area (Å²) in [5, 5.41) is 5.26. The molecule has 26 heavy (non-hydrogen) atoms. The van der Waals surface area contributed by atoms with E-state index in [1.165, 1.54) is 18.3 Å². The first-order valence-electron chi connectivity index (χ1n) is 7.62. The van der Waals surface area contributed by atoms with E-state index in [1.54, 1.807) is 42.6 Å². The highest BCUT2D eigenvalue weighted by Gasteiger charge is 2.17. The van der Waals surface area contributed by atoms with Crippen molar-refractivity contribution < 1.29 is 14.0 Å². The van der Waals surface area contributed by atoms with Crippen LogP contribution in [-0.2, 0) is 0 Å². The smallest absolute Gasteiger partial charge is 0.260 e. The molecule has 1 aromatic heterocycles. The third-order valence-electron chi connectivity index (χ3n) is 3.54. The van der Waals surface area contributed by atoms with Gasteiger partial charge in [-0.15, -0.1) is 0 Å². The predicted molar refractivity (Wildman–Crippen MR) is 98.0 cm³/mol. The Morgan fingerprint density at radius 2 is 1.58 bits per heavy atom. The number of rotatable bonds is 4. The summed E-state index contributed by atoms with van der Waals surface area (Å²) in [7, 11) is 0. The maximum absolute atomic E-state index is 13.9. The molecule has 0 aliphatic heterocycles. The van der Waals surface area contributed by atoms with Crippen molar-refractivity contribution in [1.82, 2.24) is 4.98 Å². The average molecular weight is 370 g/mol. The molecule has 2 aromatic carbocycles. The summed E-state index contributed by atoms with van der Waals surface area (Å²) in [5.41, 5.74) is 0.782. The van der Waals surface area contributed by atoms with Crippen LogP contribution in [0.2, 0.25) is 5.02 Å². The Bertz CT molecular complexity index is 944. The van der Waals surface area contributed by atoms with E-state index in [2.05, 4.69) is 15.6 Å². The van der Waals surface area contributed by atoms with Gasteiger partial charge in [0.15, 0.2) is 0 Å². The van der Waals surface area contributed by atoms with Crippen molar-refractivity contribution >= 4 is 34.8 Å². The van der Waals surface area contributed by atoms with Crippen LogP contribution in [0.15, 0.2) is 67.0 Å². The molecule has 0 aliphatic carbocycles. The van der Waals surface area contributed by atoms with E-state index < -0.39 is 11.7 Å². The molecule has 3 rings (SSSR count). The summed E-state index contributed by atoms with van der Waals surface area (Å²) < 4.78 is 13.9. The van der Waals surface area contributed by atoms with Gasteiger partial charge in [0.05, 0.1) is 27.5 Å². The molecule has 2 N–H and O–H groups in total. The van der Waals surface area contributed by atoms with Gasteiger partial charge in [-0.1, -0.05) is 29.8 Å². The zero-order valence-corrected chi connectivity index (χ0v) is 14.1. The lowest BCUT2D eigenvalue weighted by atomic mass is 10.1. The maximum Gasteiger partial charge on any atom is 0.260 e. The molecule has 3 aromatic rings. The first-order valence-corrected chi connectivity index (χ1v) is 8.00. The van der Waals surface area contributed by atoms with Crippen LogP contribution in [0.25, 0.3) is 0 Å². The summed E-state index contributed by atoms with van der Waals surface area (Å²) >= 11 is 5.92. The number of benzene rings is 2. The van der Waals surface area contributed by atoms with Crippen LogP contribution in [0.4, 0.5) is 15.8 Å². The molecule has 5 nitrogen and oxygen atoms in total. The first kappa shape index (κ1) is 17.6. The highest BCUT2D eigenvalue weighted by atomic mass is 35.5. The molecule has 1 heterocycles. The standard InChI is InChI=1S/C19H13ClFN3O2/c20-13-6-3-7-14(21)17(13)19(26)24-16-9-2-1-8-15(16)23-18(25)12-5-4-10-22-11-12/h1-11H,(H,23,25)(H,24,26). The Labute approximate surface area is 153 Å². The minimum Gasteiger partial charge on any atom is -0.320 e. The molecule has 0 bridgehead atoms. The molecule has 0 spiro atoms. The number of para-hydroxylation sites is 2. The van der Waals surface area contributed by atoms with Crippen molar-refractivity contribution in [2.24, 2.45) is 0 Å². The summed E-state index contributed by atoms with van der Waals surface area (Å²) in [6.45, 7) is 0. The molecule has 0 atom stereocenters. The van der Waals surface area contributed by atoms with Gasteiger partial charge >= 0.3 is 0 Å². The lowest BCUT2D eigenvalue weighted by Gasteiger charge is -2.13. The average Bonchev–Trinajstić information content (AvgIpc) is 2.64. The molecular formula is C19H13ClFN3O2.